The zero-order valence-electron chi connectivity index (χ0n) is 9.50. The summed E-state index contributed by atoms with van der Waals surface area (Å²) in [6.07, 6.45) is 2.43. The number of hydrogen-bond acceptors (Lipinski definition) is 3. The molecule has 0 unspecified atom stereocenters. The Morgan fingerprint density at radius 1 is 1.31 bits per heavy atom. The first kappa shape index (κ1) is 12.4. The third-order valence-electron chi connectivity index (χ3n) is 3.18. The molecule has 1 fully saturated rings. The smallest absolute Gasteiger partial charge is 0.277 e. The number of carbonyl (C=O) groups excluding carboxylic acids is 3. The second-order valence-corrected chi connectivity index (χ2v) is 4.01. The van der Waals surface area contributed by atoms with Crippen LogP contribution in [0.4, 0.5) is 4.79 Å². The molecule has 1 heterocycles. The number of urea groups is 1. The second kappa shape index (κ2) is 4.47. The zero-order valence-corrected chi connectivity index (χ0v) is 9.50. The van der Waals surface area contributed by atoms with Gasteiger partial charge in [-0.2, -0.15) is 0 Å². The lowest BCUT2D eigenvalue weighted by atomic mass is 9.70. The van der Waals surface area contributed by atoms with Crippen molar-refractivity contribution in [2.24, 2.45) is 11.3 Å². The monoisotopic (exact) mass is 224 g/mol. The van der Waals surface area contributed by atoms with Crippen molar-refractivity contribution in [2.75, 3.05) is 0 Å². The van der Waals surface area contributed by atoms with Gasteiger partial charge in [-0.05, 0) is 12.3 Å². The molecule has 1 saturated heterocycles. The number of barbiturate groups is 1. The molecule has 1 aliphatic heterocycles. The molecule has 2 N–H and O–H groups in total. The molecule has 0 aromatic rings. The van der Waals surface area contributed by atoms with Crippen LogP contribution in [0.5, 0.6) is 0 Å². The number of nitrogens with one attached hydrogen (secondary N) is 2. The summed E-state index contributed by atoms with van der Waals surface area (Å²) >= 11 is 0. The minimum Gasteiger partial charge on any atom is -0.277 e. The number of rotatable bonds is 4. The van der Waals surface area contributed by atoms with Crippen molar-refractivity contribution in [3.63, 3.8) is 0 Å². The van der Waals surface area contributed by atoms with E-state index >= 15 is 0 Å². The molecule has 1 rings (SSSR count). The van der Waals surface area contributed by atoms with Crippen molar-refractivity contribution >= 4 is 17.8 Å². The molecule has 0 bridgehead atoms. The van der Waals surface area contributed by atoms with Gasteiger partial charge in [-0.3, -0.25) is 20.2 Å². The fourth-order valence-corrected chi connectivity index (χ4v) is 1.97. The van der Waals surface area contributed by atoms with E-state index < -0.39 is 23.3 Å². The van der Waals surface area contributed by atoms with Crippen LogP contribution in [0.15, 0.2) is 12.7 Å². The van der Waals surface area contributed by atoms with Crippen LogP contribution in [0.1, 0.15) is 26.7 Å². The Morgan fingerprint density at radius 2 is 1.81 bits per heavy atom. The fraction of sp³-hybridized carbons (Fsp3) is 0.545. The summed E-state index contributed by atoms with van der Waals surface area (Å²) in [5.41, 5.74) is -1.20. The third kappa shape index (κ3) is 1.73. The number of carbonyl (C=O) groups is 3. The molecule has 0 aliphatic carbocycles. The van der Waals surface area contributed by atoms with Crippen LogP contribution in [0.25, 0.3) is 0 Å². The van der Waals surface area contributed by atoms with Crippen molar-refractivity contribution in [2.45, 2.75) is 26.7 Å². The number of allylic oxidation sites excluding steroid dienone is 1. The molecule has 1 aliphatic rings. The van der Waals surface area contributed by atoms with Gasteiger partial charge >= 0.3 is 6.03 Å². The summed E-state index contributed by atoms with van der Waals surface area (Å²) in [5, 5.41) is 4.29. The minimum absolute atomic E-state index is 0.154. The van der Waals surface area contributed by atoms with Gasteiger partial charge in [0.05, 0.1) is 0 Å². The fourth-order valence-electron chi connectivity index (χ4n) is 1.97. The summed E-state index contributed by atoms with van der Waals surface area (Å²) < 4.78 is 0. The van der Waals surface area contributed by atoms with Crippen molar-refractivity contribution < 1.29 is 14.4 Å². The highest BCUT2D eigenvalue weighted by atomic mass is 16.2. The van der Waals surface area contributed by atoms with Gasteiger partial charge in [-0.1, -0.05) is 26.3 Å². The highest BCUT2D eigenvalue weighted by molar-refractivity contribution is 6.19. The topological polar surface area (TPSA) is 75.3 Å². The van der Waals surface area contributed by atoms with Gasteiger partial charge in [-0.15, -0.1) is 6.58 Å². The Morgan fingerprint density at radius 3 is 2.19 bits per heavy atom. The Bertz CT molecular complexity index is 329. The van der Waals surface area contributed by atoms with Crippen molar-refractivity contribution in [3.8, 4) is 0 Å². The van der Waals surface area contributed by atoms with E-state index in [9.17, 15) is 14.4 Å². The lowest BCUT2D eigenvalue weighted by molar-refractivity contribution is -0.148. The van der Waals surface area contributed by atoms with E-state index in [1.165, 1.54) is 6.08 Å². The highest BCUT2D eigenvalue weighted by Gasteiger charge is 2.52. The van der Waals surface area contributed by atoms with Crippen molar-refractivity contribution in [1.29, 1.82) is 0 Å². The summed E-state index contributed by atoms with van der Waals surface area (Å²) in [6, 6.07) is -0.752. The van der Waals surface area contributed by atoms with E-state index in [0.29, 0.717) is 6.42 Å². The Balaban J connectivity index is 3.16. The van der Waals surface area contributed by atoms with Crippen LogP contribution in [-0.2, 0) is 9.59 Å². The standard InChI is InChI=1S/C11H16N2O3/c1-4-6-11(7(3)5-2)8(14)12-10(16)13-9(11)15/h4,7H,1,5-6H2,2-3H3,(H2,12,13,14,15,16)/t7-/m1/s1. The Hall–Kier alpha value is -1.65. The SMILES string of the molecule is C=CCC1([C@H](C)CC)C(=O)NC(=O)NC1=O. The van der Waals surface area contributed by atoms with E-state index in [-0.39, 0.29) is 12.3 Å². The van der Waals surface area contributed by atoms with Gasteiger partial charge in [-0.25, -0.2) is 4.79 Å². The van der Waals surface area contributed by atoms with Gasteiger partial charge in [0.25, 0.3) is 0 Å². The number of imide groups is 2. The molecule has 16 heavy (non-hydrogen) atoms. The predicted molar refractivity (Wildman–Crippen MR) is 58.4 cm³/mol. The van der Waals surface area contributed by atoms with Gasteiger partial charge in [0.1, 0.15) is 5.41 Å². The molecular weight excluding hydrogens is 208 g/mol. The molecule has 1 atom stereocenters. The largest absolute Gasteiger partial charge is 0.328 e. The summed E-state index contributed by atoms with van der Waals surface area (Å²) in [6.45, 7) is 7.27. The summed E-state index contributed by atoms with van der Waals surface area (Å²) in [7, 11) is 0. The van der Waals surface area contributed by atoms with Gasteiger partial charge < -0.3 is 0 Å². The van der Waals surface area contributed by atoms with Crippen molar-refractivity contribution in [3.05, 3.63) is 12.7 Å². The molecular formula is C11H16N2O3. The highest BCUT2D eigenvalue weighted by Crippen LogP contribution is 2.36. The Kier molecular flexibility index (Phi) is 3.47. The normalized spacial score (nSPS) is 21.0. The molecule has 5 heteroatoms. The zero-order chi connectivity index (χ0) is 12.3. The van der Waals surface area contributed by atoms with Crippen LogP contribution >= 0.6 is 0 Å². The average Bonchev–Trinajstić information content (AvgIpc) is 2.22. The molecule has 0 aromatic heterocycles. The van der Waals surface area contributed by atoms with Crippen LogP contribution in [0, 0.1) is 11.3 Å². The maximum absolute atomic E-state index is 11.9. The first-order chi connectivity index (χ1) is 7.48. The van der Waals surface area contributed by atoms with Gasteiger partial charge in [0, 0.05) is 0 Å². The lowest BCUT2D eigenvalue weighted by Gasteiger charge is -2.37. The second-order valence-electron chi connectivity index (χ2n) is 4.01. The first-order valence-corrected chi connectivity index (χ1v) is 5.26. The molecule has 5 nitrogen and oxygen atoms in total. The predicted octanol–water partition coefficient (Wildman–Crippen LogP) is 0.961. The lowest BCUT2D eigenvalue weighted by Crippen LogP contribution is -2.64. The molecule has 4 amide bonds. The van der Waals surface area contributed by atoms with E-state index in [1.807, 2.05) is 13.8 Å². The maximum Gasteiger partial charge on any atom is 0.328 e. The number of amides is 4. The molecule has 0 saturated carbocycles. The van der Waals surface area contributed by atoms with Gasteiger partial charge in [0.15, 0.2) is 0 Å². The van der Waals surface area contributed by atoms with E-state index in [4.69, 9.17) is 0 Å². The molecule has 0 radical (unpaired) electrons. The molecule has 0 spiro atoms. The summed E-state index contributed by atoms with van der Waals surface area (Å²) in [5.74, 6) is -1.22. The van der Waals surface area contributed by atoms with E-state index in [2.05, 4.69) is 17.2 Å². The Labute approximate surface area is 94.3 Å². The summed E-state index contributed by atoms with van der Waals surface area (Å²) in [4.78, 5) is 34.8. The van der Waals surface area contributed by atoms with Crippen LogP contribution in [-0.4, -0.2) is 17.8 Å². The number of hydrogen-bond donors (Lipinski definition) is 2. The molecule has 88 valence electrons. The van der Waals surface area contributed by atoms with Crippen molar-refractivity contribution in [1.82, 2.24) is 10.6 Å². The maximum atomic E-state index is 11.9. The van der Waals surface area contributed by atoms with Crippen LogP contribution in [0.3, 0.4) is 0 Å². The van der Waals surface area contributed by atoms with Crippen LogP contribution in [0.2, 0.25) is 0 Å². The quantitative estimate of drug-likeness (QED) is 0.551. The van der Waals surface area contributed by atoms with Crippen LogP contribution < -0.4 is 10.6 Å². The third-order valence-corrected chi connectivity index (χ3v) is 3.18. The average molecular weight is 224 g/mol. The van der Waals surface area contributed by atoms with E-state index in [0.717, 1.165) is 0 Å². The van der Waals surface area contributed by atoms with Gasteiger partial charge in [0.2, 0.25) is 11.8 Å². The first-order valence-electron chi connectivity index (χ1n) is 5.26. The van der Waals surface area contributed by atoms with E-state index in [1.54, 1.807) is 0 Å². The molecule has 0 aromatic carbocycles. The minimum atomic E-state index is -1.20.